The first-order chi connectivity index (χ1) is 25.8. The molecule has 0 aliphatic carbocycles. The van der Waals surface area contributed by atoms with Gasteiger partial charge in [0, 0.05) is 54.9 Å². The summed E-state index contributed by atoms with van der Waals surface area (Å²) in [6, 6.07) is 24.5. The summed E-state index contributed by atoms with van der Waals surface area (Å²) < 4.78 is 0. The highest BCUT2D eigenvalue weighted by Crippen LogP contribution is 2.18. The van der Waals surface area contributed by atoms with E-state index < -0.39 is 0 Å². The molecule has 0 aliphatic heterocycles. The third-order valence-corrected chi connectivity index (χ3v) is 8.85. The Labute approximate surface area is 329 Å². The van der Waals surface area contributed by atoms with Gasteiger partial charge in [0.25, 0.3) is 5.91 Å². The van der Waals surface area contributed by atoms with E-state index in [-0.39, 0.29) is 18.0 Å². The monoisotopic (exact) mass is 746 g/mol. The van der Waals surface area contributed by atoms with Crippen LogP contribution in [0.3, 0.4) is 0 Å². The molecule has 0 heterocycles. The molecule has 9 nitrogen and oxygen atoms in total. The molecule has 0 saturated heterocycles. The van der Waals surface area contributed by atoms with E-state index in [0.717, 1.165) is 77.0 Å². The highest BCUT2D eigenvalue weighted by atomic mass is 16.2. The smallest absolute Gasteiger partial charge is 0.271 e. The zero-order chi connectivity index (χ0) is 40.2. The first kappa shape index (κ1) is 47.2. The standard InChI is InChI=1S/C23H29N3O.C13H17NO.C10H13NO.H3N/c1-6-26(7-2)21-12-10-20(11-13-21)9-8-14-24-25-23(27)22-18(4)15-17(3)16-19(22)5;1-3-14(4-2)13-9-7-12(8-10-13)6-5-11-15;1-6-4-7(2)9(10(11)12)8(3)5-6;/h8-16H,6-7H2,1-5H3,(H,25,27);5-11H,3-4H2,1-2H3;4-5H,1-3H3,(H2,11,12);1H3/b9-8+,24-14+;6-5+;;. The van der Waals surface area contributed by atoms with Crippen LogP contribution in [0.2, 0.25) is 0 Å². The molecule has 0 aromatic heterocycles. The van der Waals surface area contributed by atoms with Gasteiger partial charge < -0.3 is 21.7 Å². The summed E-state index contributed by atoms with van der Waals surface area (Å²) in [4.78, 5) is 38.1. The second-order valence-electron chi connectivity index (χ2n) is 13.0. The first-order valence-electron chi connectivity index (χ1n) is 18.6. The van der Waals surface area contributed by atoms with Crippen LogP contribution in [-0.2, 0) is 4.79 Å². The SMILES string of the molecule is CCN(CC)c1ccc(/C=C/C=N/NC(=O)c2c(C)cc(C)cc2C)cc1.CCN(CC)c1ccc(/C=C/C=O)cc1.Cc1cc(C)c(C(N)=O)c(C)c1.N. The molecule has 294 valence electrons. The lowest BCUT2D eigenvalue weighted by Gasteiger charge is -2.20. The van der Waals surface area contributed by atoms with Crippen LogP contribution in [0, 0.1) is 41.5 Å². The number of rotatable bonds is 13. The number of nitrogens with one attached hydrogen (secondary N) is 1. The van der Waals surface area contributed by atoms with E-state index in [1.165, 1.54) is 17.5 Å². The van der Waals surface area contributed by atoms with E-state index in [2.05, 4.69) is 84.4 Å². The Morgan fingerprint density at radius 1 is 0.618 bits per heavy atom. The van der Waals surface area contributed by atoms with Gasteiger partial charge in [-0.25, -0.2) is 5.43 Å². The number of primary amides is 1. The van der Waals surface area contributed by atoms with E-state index in [9.17, 15) is 14.4 Å². The summed E-state index contributed by atoms with van der Waals surface area (Å²) in [7, 11) is 0. The number of nitrogens with zero attached hydrogens (tertiary/aromatic N) is 3. The molecule has 4 aromatic carbocycles. The molecule has 2 amide bonds. The van der Waals surface area contributed by atoms with E-state index in [1.807, 2.05) is 90.1 Å². The van der Waals surface area contributed by atoms with Crippen molar-refractivity contribution in [3.05, 3.63) is 141 Å². The van der Waals surface area contributed by atoms with Crippen molar-refractivity contribution in [3.63, 3.8) is 0 Å². The van der Waals surface area contributed by atoms with Crippen molar-refractivity contribution in [1.82, 2.24) is 11.6 Å². The Hall–Kier alpha value is -5.80. The van der Waals surface area contributed by atoms with E-state index in [4.69, 9.17) is 5.73 Å². The lowest BCUT2D eigenvalue weighted by Crippen LogP contribution is -2.21. The summed E-state index contributed by atoms with van der Waals surface area (Å²) in [5.41, 5.74) is 19.9. The van der Waals surface area contributed by atoms with Crippen molar-refractivity contribution in [2.75, 3.05) is 36.0 Å². The van der Waals surface area contributed by atoms with Crippen LogP contribution in [0.5, 0.6) is 0 Å². The van der Waals surface area contributed by atoms with Gasteiger partial charge in [-0.2, -0.15) is 5.10 Å². The van der Waals surface area contributed by atoms with Crippen LogP contribution in [0.25, 0.3) is 12.2 Å². The summed E-state index contributed by atoms with van der Waals surface area (Å²) in [5.74, 6) is -0.525. The van der Waals surface area contributed by atoms with Crippen molar-refractivity contribution in [2.45, 2.75) is 69.2 Å². The van der Waals surface area contributed by atoms with Gasteiger partial charge >= 0.3 is 0 Å². The number of hydrogen-bond acceptors (Lipinski definition) is 7. The van der Waals surface area contributed by atoms with Gasteiger partial charge in [0.15, 0.2) is 0 Å². The van der Waals surface area contributed by atoms with E-state index >= 15 is 0 Å². The Kier molecular flexibility index (Phi) is 21.0. The van der Waals surface area contributed by atoms with Crippen molar-refractivity contribution in [1.29, 1.82) is 0 Å². The van der Waals surface area contributed by atoms with E-state index in [0.29, 0.717) is 11.1 Å². The quantitative estimate of drug-likeness (QED) is 0.0538. The molecule has 6 N–H and O–H groups in total. The first-order valence-corrected chi connectivity index (χ1v) is 18.6. The number of amides is 2. The predicted octanol–water partition coefficient (Wildman–Crippen LogP) is 9.50. The number of hydrazone groups is 1. The number of benzene rings is 4. The third-order valence-electron chi connectivity index (χ3n) is 8.85. The number of allylic oxidation sites excluding steroid dienone is 2. The second-order valence-corrected chi connectivity index (χ2v) is 13.0. The van der Waals surface area contributed by atoms with Crippen LogP contribution in [-0.4, -0.2) is 50.5 Å². The topological polar surface area (TPSA) is 143 Å². The fourth-order valence-electron chi connectivity index (χ4n) is 6.38. The summed E-state index contributed by atoms with van der Waals surface area (Å²) >= 11 is 0. The molecule has 4 rings (SSSR count). The molecule has 4 aromatic rings. The minimum Gasteiger partial charge on any atom is -0.372 e. The van der Waals surface area contributed by atoms with Crippen LogP contribution in [0.1, 0.15) is 92.9 Å². The van der Waals surface area contributed by atoms with Gasteiger partial charge in [-0.3, -0.25) is 14.4 Å². The Balaban J connectivity index is 0.000000455. The fourth-order valence-corrected chi connectivity index (χ4v) is 6.38. The molecule has 0 unspecified atom stereocenters. The molecule has 0 saturated carbocycles. The molecule has 0 fully saturated rings. The zero-order valence-corrected chi connectivity index (χ0v) is 34.6. The van der Waals surface area contributed by atoms with Crippen molar-refractivity contribution in [2.24, 2.45) is 10.8 Å². The largest absolute Gasteiger partial charge is 0.372 e. The molecule has 0 atom stereocenters. The average Bonchev–Trinajstić information content (AvgIpc) is 3.12. The Morgan fingerprint density at radius 2 is 0.982 bits per heavy atom. The molecular formula is C46H62N6O3. The fraction of sp³-hybridized carbons (Fsp3) is 0.304. The van der Waals surface area contributed by atoms with Gasteiger partial charge in [-0.15, -0.1) is 0 Å². The van der Waals surface area contributed by atoms with Gasteiger partial charge in [-0.1, -0.05) is 71.8 Å². The van der Waals surface area contributed by atoms with E-state index in [1.54, 1.807) is 12.3 Å². The predicted molar refractivity (Wildman–Crippen MR) is 235 cm³/mol. The van der Waals surface area contributed by atoms with Crippen LogP contribution in [0.15, 0.2) is 90.0 Å². The number of aryl methyl sites for hydroxylation is 6. The maximum atomic E-state index is 12.3. The number of carbonyl (C=O) groups excluding carboxylic acids is 3. The Bertz CT molecular complexity index is 1860. The minimum absolute atomic E-state index is 0. The molecule has 0 bridgehead atoms. The summed E-state index contributed by atoms with van der Waals surface area (Å²) in [6.45, 7) is 24.3. The lowest BCUT2D eigenvalue weighted by atomic mass is 9.99. The highest BCUT2D eigenvalue weighted by Gasteiger charge is 2.12. The van der Waals surface area contributed by atoms with Gasteiger partial charge in [-0.05, 0) is 139 Å². The molecule has 0 radical (unpaired) electrons. The minimum atomic E-state index is -0.343. The van der Waals surface area contributed by atoms with Crippen molar-refractivity contribution < 1.29 is 14.4 Å². The van der Waals surface area contributed by atoms with Gasteiger partial charge in [0.2, 0.25) is 5.91 Å². The molecule has 55 heavy (non-hydrogen) atoms. The second kappa shape index (κ2) is 24.5. The Morgan fingerprint density at radius 3 is 1.33 bits per heavy atom. The number of nitrogens with two attached hydrogens (primary N) is 1. The van der Waals surface area contributed by atoms with Crippen molar-refractivity contribution in [3.8, 4) is 0 Å². The highest BCUT2D eigenvalue weighted by molar-refractivity contribution is 5.97. The number of aldehydes is 1. The van der Waals surface area contributed by atoms with Gasteiger partial charge in [0.05, 0.1) is 0 Å². The third kappa shape index (κ3) is 15.2. The maximum Gasteiger partial charge on any atom is 0.271 e. The van der Waals surface area contributed by atoms with Crippen LogP contribution in [0.4, 0.5) is 11.4 Å². The zero-order valence-electron chi connectivity index (χ0n) is 34.6. The summed E-state index contributed by atoms with van der Waals surface area (Å²) in [5, 5.41) is 4.02. The molecule has 9 heteroatoms. The van der Waals surface area contributed by atoms with Crippen molar-refractivity contribution >= 4 is 47.8 Å². The number of hydrogen-bond donors (Lipinski definition) is 3. The molecular weight excluding hydrogens is 685 g/mol. The molecule has 0 aliphatic rings. The van der Waals surface area contributed by atoms with Gasteiger partial charge in [0.1, 0.15) is 6.29 Å². The normalized spacial score (nSPS) is 10.6. The van der Waals surface area contributed by atoms with Crippen LogP contribution >= 0.6 is 0 Å². The number of anilines is 2. The molecule has 0 spiro atoms. The average molecular weight is 747 g/mol. The maximum absolute atomic E-state index is 12.3. The number of carbonyl (C=O) groups is 3. The summed E-state index contributed by atoms with van der Waals surface area (Å²) in [6.07, 6.45) is 9.48. The van der Waals surface area contributed by atoms with Crippen LogP contribution < -0.4 is 27.1 Å². The lowest BCUT2D eigenvalue weighted by molar-refractivity contribution is -0.104.